The summed E-state index contributed by atoms with van der Waals surface area (Å²) >= 11 is 0. The van der Waals surface area contributed by atoms with Gasteiger partial charge in [0.25, 0.3) is 5.91 Å². The molecule has 1 rings (SSSR count). The zero-order chi connectivity index (χ0) is 19.6. The molecule has 0 aliphatic carbocycles. The van der Waals surface area contributed by atoms with Gasteiger partial charge in [-0.1, -0.05) is 30.3 Å². The average molecular weight is 383 g/mol. The topological polar surface area (TPSA) is 122 Å². The number of rotatable bonds is 9. The highest BCUT2D eigenvalue weighted by Crippen LogP contribution is 2.06. The van der Waals surface area contributed by atoms with Gasteiger partial charge in [-0.25, -0.2) is 8.42 Å². The monoisotopic (exact) mass is 383 g/mol. The molecule has 0 heterocycles. The van der Waals surface area contributed by atoms with E-state index in [9.17, 15) is 22.8 Å². The van der Waals surface area contributed by atoms with Crippen LogP contribution in [0.15, 0.2) is 35.7 Å². The van der Waals surface area contributed by atoms with E-state index in [0.717, 1.165) is 9.71 Å². The first-order chi connectivity index (χ1) is 12.2. The molecule has 0 saturated carbocycles. The number of carbonyl (C=O) groups is 3. The van der Waals surface area contributed by atoms with Gasteiger partial charge in [0.15, 0.2) is 6.61 Å². The van der Waals surface area contributed by atoms with E-state index in [2.05, 4.69) is 15.4 Å². The summed E-state index contributed by atoms with van der Waals surface area (Å²) in [5.41, 5.74) is 0.694. The van der Waals surface area contributed by atoms with E-state index in [1.807, 2.05) is 0 Å². The molecule has 1 aromatic rings. The van der Waals surface area contributed by atoms with Crippen LogP contribution in [0.1, 0.15) is 5.56 Å². The zero-order valence-electron chi connectivity index (χ0n) is 14.5. The van der Waals surface area contributed by atoms with Gasteiger partial charge in [-0.05, 0) is 11.6 Å². The van der Waals surface area contributed by atoms with Crippen LogP contribution in [0.2, 0.25) is 0 Å². The lowest BCUT2D eigenvalue weighted by Gasteiger charge is -2.13. The van der Waals surface area contributed by atoms with Crippen molar-refractivity contribution in [3.8, 4) is 0 Å². The Balaban J connectivity index is 2.46. The number of ether oxygens (including phenoxy) is 1. The standard InChI is InChI=1S/C16H21N3O6S/c1-17-14(20)10-18-15(21)12-25-16(22)11-19(2)26(23,24)9-8-13-6-4-3-5-7-13/h3-9H,10-12H2,1-2H3,(H,17,20)(H,18,21)/b9-8+. The molecule has 0 aliphatic heterocycles. The summed E-state index contributed by atoms with van der Waals surface area (Å²) in [7, 11) is -1.18. The van der Waals surface area contributed by atoms with Crippen molar-refractivity contribution in [3.63, 3.8) is 0 Å². The molecule has 1 aromatic carbocycles. The fourth-order valence-corrected chi connectivity index (χ4v) is 2.44. The fourth-order valence-electron chi connectivity index (χ4n) is 1.61. The Morgan fingerprint density at radius 2 is 1.81 bits per heavy atom. The third-order valence-electron chi connectivity index (χ3n) is 3.11. The first kappa shape index (κ1) is 21.3. The summed E-state index contributed by atoms with van der Waals surface area (Å²) in [4.78, 5) is 34.0. The minimum absolute atomic E-state index is 0.245. The first-order valence-electron chi connectivity index (χ1n) is 7.57. The molecule has 0 unspecified atom stereocenters. The average Bonchev–Trinajstić information content (AvgIpc) is 2.63. The van der Waals surface area contributed by atoms with Gasteiger partial charge in [0, 0.05) is 19.5 Å². The van der Waals surface area contributed by atoms with Crippen molar-refractivity contribution in [3.05, 3.63) is 41.3 Å². The number of hydrogen-bond acceptors (Lipinski definition) is 6. The third kappa shape index (κ3) is 7.90. The van der Waals surface area contributed by atoms with Crippen molar-refractivity contribution in [1.82, 2.24) is 14.9 Å². The Bertz CT molecular complexity index is 761. The first-order valence-corrected chi connectivity index (χ1v) is 9.07. The number of carbonyl (C=O) groups excluding carboxylic acids is 3. The van der Waals surface area contributed by atoms with E-state index in [4.69, 9.17) is 0 Å². The third-order valence-corrected chi connectivity index (χ3v) is 4.59. The van der Waals surface area contributed by atoms with Gasteiger partial charge >= 0.3 is 5.97 Å². The highest BCUT2D eigenvalue weighted by Gasteiger charge is 2.19. The molecule has 0 radical (unpaired) electrons. The summed E-state index contributed by atoms with van der Waals surface area (Å²) in [5, 5.41) is 5.53. The molecule has 26 heavy (non-hydrogen) atoms. The summed E-state index contributed by atoms with van der Waals surface area (Å²) in [6.45, 7) is -1.40. The minimum Gasteiger partial charge on any atom is -0.455 e. The van der Waals surface area contributed by atoms with Crippen LogP contribution in [0.5, 0.6) is 0 Å². The summed E-state index contributed by atoms with van der Waals surface area (Å²) in [5.74, 6) is -1.96. The molecule has 0 atom stereocenters. The molecule has 142 valence electrons. The van der Waals surface area contributed by atoms with Crippen LogP contribution >= 0.6 is 0 Å². The molecule has 0 spiro atoms. The Hall–Kier alpha value is -2.72. The highest BCUT2D eigenvalue weighted by atomic mass is 32.2. The molecular formula is C16H21N3O6S. The number of esters is 1. The van der Waals surface area contributed by atoms with E-state index in [1.165, 1.54) is 20.2 Å². The normalized spacial score (nSPS) is 11.3. The van der Waals surface area contributed by atoms with Crippen LogP contribution in [0.25, 0.3) is 6.08 Å². The lowest BCUT2D eigenvalue weighted by Crippen LogP contribution is -2.38. The second-order valence-corrected chi connectivity index (χ2v) is 7.05. The van der Waals surface area contributed by atoms with Crippen molar-refractivity contribution in [2.75, 3.05) is 33.8 Å². The SMILES string of the molecule is CNC(=O)CNC(=O)COC(=O)CN(C)S(=O)(=O)/C=C/c1ccccc1. The quantitative estimate of drug-likeness (QED) is 0.545. The second-order valence-electron chi connectivity index (χ2n) is 5.13. The Kier molecular flexibility index (Phi) is 8.46. The van der Waals surface area contributed by atoms with Gasteiger partial charge in [0.05, 0.1) is 6.54 Å². The predicted octanol–water partition coefficient (Wildman–Crippen LogP) is -0.676. The molecule has 0 aromatic heterocycles. The Morgan fingerprint density at radius 1 is 1.15 bits per heavy atom. The largest absolute Gasteiger partial charge is 0.455 e. The number of likely N-dealkylation sites (N-methyl/N-ethyl adjacent to an activating group) is 2. The number of nitrogens with zero attached hydrogens (tertiary/aromatic N) is 1. The van der Waals surface area contributed by atoms with Crippen molar-refractivity contribution in [1.29, 1.82) is 0 Å². The van der Waals surface area contributed by atoms with E-state index >= 15 is 0 Å². The molecular weight excluding hydrogens is 362 g/mol. The van der Waals surface area contributed by atoms with Gasteiger partial charge in [-0.3, -0.25) is 14.4 Å². The summed E-state index contributed by atoms with van der Waals surface area (Å²) < 4.78 is 29.7. The van der Waals surface area contributed by atoms with Crippen LogP contribution in [-0.4, -0.2) is 64.3 Å². The molecule has 0 saturated heterocycles. The number of nitrogens with one attached hydrogen (secondary N) is 2. The maximum Gasteiger partial charge on any atom is 0.321 e. The van der Waals surface area contributed by atoms with E-state index in [0.29, 0.717) is 5.56 Å². The molecule has 10 heteroatoms. The molecule has 0 fully saturated rings. The van der Waals surface area contributed by atoms with E-state index < -0.39 is 41.0 Å². The van der Waals surface area contributed by atoms with Crippen LogP contribution < -0.4 is 10.6 Å². The summed E-state index contributed by atoms with van der Waals surface area (Å²) in [6, 6.07) is 8.80. The molecule has 2 N–H and O–H groups in total. The Labute approximate surface area is 152 Å². The van der Waals surface area contributed by atoms with Gasteiger partial charge in [-0.15, -0.1) is 0 Å². The van der Waals surface area contributed by atoms with Crippen LogP contribution in [0, 0.1) is 0 Å². The van der Waals surface area contributed by atoms with Gasteiger partial charge in [0.2, 0.25) is 15.9 Å². The van der Waals surface area contributed by atoms with Crippen LogP contribution in [-0.2, 0) is 29.1 Å². The highest BCUT2D eigenvalue weighted by molar-refractivity contribution is 7.92. The van der Waals surface area contributed by atoms with Crippen LogP contribution in [0.4, 0.5) is 0 Å². The van der Waals surface area contributed by atoms with Crippen LogP contribution in [0.3, 0.4) is 0 Å². The van der Waals surface area contributed by atoms with Crippen molar-refractivity contribution in [2.24, 2.45) is 0 Å². The van der Waals surface area contributed by atoms with Crippen molar-refractivity contribution < 1.29 is 27.5 Å². The smallest absolute Gasteiger partial charge is 0.321 e. The maximum absolute atomic E-state index is 12.1. The summed E-state index contributed by atoms with van der Waals surface area (Å²) in [6.07, 6.45) is 1.41. The number of sulfonamides is 1. The van der Waals surface area contributed by atoms with Gasteiger partial charge in [0.1, 0.15) is 6.54 Å². The van der Waals surface area contributed by atoms with Gasteiger partial charge < -0.3 is 15.4 Å². The molecule has 9 nitrogen and oxygen atoms in total. The van der Waals surface area contributed by atoms with Crippen molar-refractivity contribution in [2.45, 2.75) is 0 Å². The fraction of sp³-hybridized carbons (Fsp3) is 0.312. The van der Waals surface area contributed by atoms with E-state index in [-0.39, 0.29) is 6.54 Å². The minimum atomic E-state index is -3.82. The van der Waals surface area contributed by atoms with Gasteiger partial charge in [-0.2, -0.15) is 4.31 Å². The maximum atomic E-state index is 12.1. The van der Waals surface area contributed by atoms with Crippen molar-refractivity contribution >= 4 is 33.9 Å². The molecule has 0 bridgehead atoms. The number of hydrogen-bond donors (Lipinski definition) is 2. The zero-order valence-corrected chi connectivity index (χ0v) is 15.3. The molecule has 0 aliphatic rings. The predicted molar refractivity (Wildman–Crippen MR) is 95.1 cm³/mol. The lowest BCUT2D eigenvalue weighted by atomic mass is 10.2. The second kappa shape index (κ2) is 10.3. The number of amides is 2. The van der Waals surface area contributed by atoms with E-state index in [1.54, 1.807) is 30.3 Å². The number of benzene rings is 1. The molecule has 2 amide bonds. The lowest BCUT2D eigenvalue weighted by molar-refractivity contribution is -0.148. The Morgan fingerprint density at radius 3 is 2.42 bits per heavy atom.